The number of pyridine rings is 1. The topological polar surface area (TPSA) is 106 Å². The van der Waals surface area contributed by atoms with Crippen molar-refractivity contribution in [3.63, 3.8) is 0 Å². The maximum Gasteiger partial charge on any atom is 0.249 e. The van der Waals surface area contributed by atoms with Gasteiger partial charge in [-0.1, -0.05) is 41.7 Å². The number of nitrogens with zero attached hydrogens (tertiary/aromatic N) is 3. The number of nitrogens with two attached hydrogens (primary N) is 1. The maximum absolute atomic E-state index is 12.5. The van der Waals surface area contributed by atoms with Crippen LogP contribution in [0, 0.1) is 6.92 Å². The number of hydrogen-bond acceptors (Lipinski definition) is 6. The summed E-state index contributed by atoms with van der Waals surface area (Å²) in [5, 5.41) is 5.47. The number of aromatic nitrogens is 2. The van der Waals surface area contributed by atoms with Gasteiger partial charge in [-0.3, -0.25) is 14.7 Å². The van der Waals surface area contributed by atoms with E-state index in [0.717, 1.165) is 28.0 Å². The number of sulfonamides is 1. The van der Waals surface area contributed by atoms with Crippen LogP contribution in [-0.2, 0) is 21.2 Å². The van der Waals surface area contributed by atoms with Gasteiger partial charge in [-0.05, 0) is 29.7 Å². The minimum Gasteiger partial charge on any atom is -0.291 e. The zero-order valence-corrected chi connectivity index (χ0v) is 16.4. The summed E-state index contributed by atoms with van der Waals surface area (Å²) in [5.41, 5.74) is 3.15. The van der Waals surface area contributed by atoms with Gasteiger partial charge < -0.3 is 0 Å². The van der Waals surface area contributed by atoms with Crippen LogP contribution in [0.3, 0.4) is 0 Å². The van der Waals surface area contributed by atoms with Gasteiger partial charge in [0.15, 0.2) is 9.34 Å². The first-order valence-electron chi connectivity index (χ1n) is 8.02. The molecule has 2 N–H and O–H groups in total. The number of primary sulfonamides is 1. The highest BCUT2D eigenvalue weighted by molar-refractivity contribution is 7.91. The molecule has 2 aromatic heterocycles. The molecule has 0 aliphatic rings. The van der Waals surface area contributed by atoms with Gasteiger partial charge in [0, 0.05) is 19.4 Å². The zero-order chi connectivity index (χ0) is 19.6. The van der Waals surface area contributed by atoms with Crippen molar-refractivity contribution in [3.8, 4) is 11.1 Å². The first kappa shape index (κ1) is 19.2. The first-order chi connectivity index (χ1) is 12.8. The minimum absolute atomic E-state index is 0.0297. The first-order valence-corrected chi connectivity index (χ1v) is 10.4. The second-order valence-electron chi connectivity index (χ2n) is 5.98. The standard InChI is InChI=1S/C18H18N4O3S2/c1-12-17(27(19,24)25)26-18(21-12)22(2)16(23)10-13-5-7-14(8-6-13)15-4-3-9-20-11-15/h3-9,11H,10H2,1-2H3,(H2,19,24,25). The van der Waals surface area contributed by atoms with E-state index in [4.69, 9.17) is 5.14 Å². The Morgan fingerprint density at radius 3 is 2.44 bits per heavy atom. The number of thiazole rings is 1. The summed E-state index contributed by atoms with van der Waals surface area (Å²) in [4.78, 5) is 22.1. The van der Waals surface area contributed by atoms with Crippen LogP contribution in [0.1, 0.15) is 11.3 Å². The largest absolute Gasteiger partial charge is 0.291 e. The fraction of sp³-hybridized carbons (Fsp3) is 0.167. The Kier molecular flexibility index (Phi) is 5.36. The molecule has 0 radical (unpaired) electrons. The second-order valence-corrected chi connectivity index (χ2v) is 8.72. The zero-order valence-electron chi connectivity index (χ0n) is 14.8. The molecule has 0 saturated heterocycles. The molecule has 1 amide bonds. The molecule has 3 aromatic rings. The van der Waals surface area contributed by atoms with Gasteiger partial charge in [-0.2, -0.15) is 0 Å². The van der Waals surface area contributed by atoms with Crippen LogP contribution in [0.5, 0.6) is 0 Å². The Bertz CT molecular complexity index is 1060. The number of hydrogen-bond donors (Lipinski definition) is 1. The van der Waals surface area contributed by atoms with Crippen LogP contribution in [-0.4, -0.2) is 31.3 Å². The van der Waals surface area contributed by atoms with E-state index in [9.17, 15) is 13.2 Å². The molecular weight excluding hydrogens is 384 g/mol. The average molecular weight is 403 g/mol. The third-order valence-electron chi connectivity index (χ3n) is 3.97. The Morgan fingerprint density at radius 2 is 1.89 bits per heavy atom. The lowest BCUT2D eigenvalue weighted by Crippen LogP contribution is -2.27. The Hall–Kier alpha value is -2.62. The number of benzene rings is 1. The summed E-state index contributed by atoms with van der Waals surface area (Å²) in [6.45, 7) is 1.55. The number of amides is 1. The lowest BCUT2D eigenvalue weighted by atomic mass is 10.0. The molecule has 0 unspecified atom stereocenters. The molecule has 1 aromatic carbocycles. The fourth-order valence-corrected chi connectivity index (χ4v) is 4.45. The number of carbonyl (C=O) groups excluding carboxylic acids is 1. The quantitative estimate of drug-likeness (QED) is 0.705. The fourth-order valence-electron chi connectivity index (χ4n) is 2.52. The van der Waals surface area contributed by atoms with E-state index >= 15 is 0 Å². The summed E-state index contributed by atoms with van der Waals surface area (Å²) in [6, 6.07) is 11.5. The number of carbonyl (C=O) groups is 1. The smallest absolute Gasteiger partial charge is 0.249 e. The van der Waals surface area contributed by atoms with E-state index in [1.165, 1.54) is 4.90 Å². The molecule has 7 nitrogen and oxygen atoms in total. The van der Waals surface area contributed by atoms with Crippen molar-refractivity contribution in [2.24, 2.45) is 5.14 Å². The van der Waals surface area contributed by atoms with Crippen molar-refractivity contribution in [1.82, 2.24) is 9.97 Å². The molecule has 3 rings (SSSR count). The second kappa shape index (κ2) is 7.55. The number of aryl methyl sites for hydroxylation is 1. The van der Waals surface area contributed by atoms with Crippen LogP contribution in [0.4, 0.5) is 5.13 Å². The lowest BCUT2D eigenvalue weighted by Gasteiger charge is -2.14. The van der Waals surface area contributed by atoms with E-state index in [0.29, 0.717) is 5.13 Å². The van der Waals surface area contributed by atoms with E-state index in [-0.39, 0.29) is 22.2 Å². The Labute approximate surface area is 161 Å². The van der Waals surface area contributed by atoms with Crippen molar-refractivity contribution in [3.05, 3.63) is 60.0 Å². The number of likely N-dealkylation sites (N-methyl/N-ethyl adjacent to an activating group) is 1. The van der Waals surface area contributed by atoms with Crippen molar-refractivity contribution in [1.29, 1.82) is 0 Å². The predicted molar refractivity (Wildman–Crippen MR) is 105 cm³/mol. The molecular formula is C18H18N4O3S2. The SMILES string of the molecule is Cc1nc(N(C)C(=O)Cc2ccc(-c3cccnc3)cc2)sc1S(N)(=O)=O. The van der Waals surface area contributed by atoms with Gasteiger partial charge >= 0.3 is 0 Å². The normalized spacial score (nSPS) is 11.4. The summed E-state index contributed by atoms with van der Waals surface area (Å²) in [7, 11) is -2.28. The van der Waals surface area contributed by atoms with Gasteiger partial charge in [0.1, 0.15) is 0 Å². The van der Waals surface area contributed by atoms with Gasteiger partial charge in [0.25, 0.3) is 0 Å². The van der Waals surface area contributed by atoms with Crippen molar-refractivity contribution < 1.29 is 13.2 Å². The van der Waals surface area contributed by atoms with Gasteiger partial charge in [0.05, 0.1) is 12.1 Å². The lowest BCUT2D eigenvalue weighted by molar-refractivity contribution is -0.117. The predicted octanol–water partition coefficient (Wildman–Crippen LogP) is 2.37. The van der Waals surface area contributed by atoms with Crippen molar-refractivity contribution in [2.75, 3.05) is 11.9 Å². The summed E-state index contributed by atoms with van der Waals surface area (Å²) in [5.74, 6) is -0.196. The Balaban J connectivity index is 1.73. The van der Waals surface area contributed by atoms with Gasteiger partial charge in [-0.15, -0.1) is 0 Å². The van der Waals surface area contributed by atoms with E-state index < -0.39 is 10.0 Å². The van der Waals surface area contributed by atoms with Crippen LogP contribution < -0.4 is 10.0 Å². The average Bonchev–Trinajstić information content (AvgIpc) is 3.04. The molecule has 0 fully saturated rings. The third-order valence-corrected chi connectivity index (χ3v) is 6.75. The summed E-state index contributed by atoms with van der Waals surface area (Å²) in [6.07, 6.45) is 3.67. The van der Waals surface area contributed by atoms with Crippen LogP contribution >= 0.6 is 11.3 Å². The number of anilines is 1. The van der Waals surface area contributed by atoms with Crippen LogP contribution in [0.25, 0.3) is 11.1 Å². The van der Waals surface area contributed by atoms with Gasteiger partial charge in [-0.25, -0.2) is 18.5 Å². The summed E-state index contributed by atoms with van der Waals surface area (Å²) < 4.78 is 23.0. The molecule has 0 bridgehead atoms. The Morgan fingerprint density at radius 1 is 1.19 bits per heavy atom. The maximum atomic E-state index is 12.5. The van der Waals surface area contributed by atoms with Gasteiger partial charge in [0.2, 0.25) is 15.9 Å². The van der Waals surface area contributed by atoms with Crippen molar-refractivity contribution >= 4 is 32.4 Å². The molecule has 9 heteroatoms. The third kappa shape index (κ3) is 4.38. The van der Waals surface area contributed by atoms with Crippen LogP contribution in [0.15, 0.2) is 53.0 Å². The van der Waals surface area contributed by atoms with E-state index in [2.05, 4.69) is 9.97 Å². The highest BCUT2D eigenvalue weighted by Crippen LogP contribution is 2.28. The molecule has 0 aliphatic heterocycles. The van der Waals surface area contributed by atoms with E-state index in [1.54, 1.807) is 26.4 Å². The monoisotopic (exact) mass is 402 g/mol. The van der Waals surface area contributed by atoms with Crippen LogP contribution in [0.2, 0.25) is 0 Å². The molecule has 0 spiro atoms. The van der Waals surface area contributed by atoms with Crippen molar-refractivity contribution in [2.45, 2.75) is 17.6 Å². The molecule has 27 heavy (non-hydrogen) atoms. The molecule has 2 heterocycles. The molecule has 0 atom stereocenters. The molecule has 0 saturated carbocycles. The highest BCUT2D eigenvalue weighted by atomic mass is 32.2. The molecule has 0 aliphatic carbocycles. The number of rotatable bonds is 5. The summed E-state index contributed by atoms with van der Waals surface area (Å²) >= 11 is 0.887. The minimum atomic E-state index is -3.85. The molecule has 140 valence electrons. The highest BCUT2D eigenvalue weighted by Gasteiger charge is 2.22. The van der Waals surface area contributed by atoms with E-state index in [1.807, 2.05) is 36.4 Å².